The van der Waals surface area contributed by atoms with Crippen molar-refractivity contribution in [2.24, 2.45) is 7.05 Å². The molecular weight excluding hydrogens is 240 g/mol. The quantitative estimate of drug-likeness (QED) is 0.583. The van der Waals surface area contributed by atoms with Gasteiger partial charge in [-0.2, -0.15) is 26.7 Å². The topological polar surface area (TPSA) is 18.0 Å². The Morgan fingerprint density at radius 2 is 2.12 bits per heavy atom. The molecule has 1 rings (SSSR count). The van der Waals surface area contributed by atoms with Crippen LogP contribution in [0.4, 0.5) is 17.6 Å². The number of nitrogens with zero attached hydrogens (tertiary/aromatic N) is 2. The number of ether oxygens (including phenoxy) is 1. The van der Waals surface area contributed by atoms with Gasteiger partial charge < -0.3 is 4.74 Å². The molecule has 0 fully saturated rings. The number of aryl methyl sites for hydroxylation is 2. The minimum Gasteiger partial charge on any atom is -0.386 e. The highest BCUT2D eigenvalue weighted by Gasteiger charge is 2.44. The minimum absolute atomic E-state index is 0.136. The van der Waals surface area contributed by atoms with Gasteiger partial charge in [0.1, 0.15) is 12.4 Å². The summed E-state index contributed by atoms with van der Waals surface area (Å²) in [5.41, 5.74) is 0. The first kappa shape index (κ1) is 13.8. The standard InChI is InChI=1S/C10H15F4N2O/c1-3-4-5-16-7-6-15(2)9(16)17-8(11)10(12,13)14/h6-8H,3-5H2,1-2H3/q+1. The van der Waals surface area contributed by atoms with Crippen LogP contribution < -0.4 is 9.30 Å². The highest BCUT2D eigenvalue weighted by atomic mass is 19.4. The molecular formula is C10H15F4N2O+. The van der Waals surface area contributed by atoms with E-state index in [0.717, 1.165) is 12.8 Å². The number of hydrogen-bond acceptors (Lipinski definition) is 1. The predicted octanol–water partition coefficient (Wildman–Crippen LogP) is 2.35. The van der Waals surface area contributed by atoms with Crippen molar-refractivity contribution in [3.8, 4) is 6.01 Å². The Balaban J connectivity index is 2.78. The number of alkyl halides is 4. The zero-order chi connectivity index (χ0) is 13.1. The summed E-state index contributed by atoms with van der Waals surface area (Å²) in [6.45, 7) is 2.45. The molecule has 0 aliphatic heterocycles. The van der Waals surface area contributed by atoms with E-state index in [2.05, 4.69) is 4.74 Å². The van der Waals surface area contributed by atoms with Crippen molar-refractivity contribution >= 4 is 0 Å². The van der Waals surface area contributed by atoms with E-state index in [1.54, 1.807) is 6.20 Å². The number of imidazole rings is 1. The molecule has 0 spiro atoms. The lowest BCUT2D eigenvalue weighted by Crippen LogP contribution is -2.37. The summed E-state index contributed by atoms with van der Waals surface area (Å²) in [7, 11) is 1.50. The van der Waals surface area contributed by atoms with Crippen molar-refractivity contribution in [1.29, 1.82) is 0 Å². The summed E-state index contributed by atoms with van der Waals surface area (Å²) in [6.07, 6.45) is -3.55. The normalized spacial score (nSPS) is 13.8. The van der Waals surface area contributed by atoms with Crippen LogP contribution in [0.3, 0.4) is 0 Å². The summed E-state index contributed by atoms with van der Waals surface area (Å²) in [5.74, 6) is 0. The molecule has 0 aromatic carbocycles. The molecule has 1 aromatic heterocycles. The summed E-state index contributed by atoms with van der Waals surface area (Å²) in [5, 5.41) is 0. The maximum absolute atomic E-state index is 12.8. The third-order valence-electron chi connectivity index (χ3n) is 2.24. The SMILES string of the molecule is CCCCn1cc[n+](C)c1OC(F)C(F)(F)F. The molecule has 1 atom stereocenters. The molecule has 0 aliphatic carbocycles. The second kappa shape index (κ2) is 5.37. The maximum Gasteiger partial charge on any atom is 0.458 e. The van der Waals surface area contributed by atoms with Crippen LogP contribution in [0.5, 0.6) is 6.01 Å². The zero-order valence-electron chi connectivity index (χ0n) is 9.67. The molecule has 0 N–H and O–H groups in total. The monoisotopic (exact) mass is 255 g/mol. The van der Waals surface area contributed by atoms with Gasteiger partial charge in [-0.3, -0.25) is 0 Å². The lowest BCUT2D eigenvalue weighted by Gasteiger charge is -2.12. The molecule has 98 valence electrons. The molecule has 0 aliphatic rings. The van der Waals surface area contributed by atoms with Gasteiger partial charge in [-0.15, -0.1) is 0 Å². The van der Waals surface area contributed by atoms with E-state index in [4.69, 9.17) is 0 Å². The predicted molar refractivity (Wildman–Crippen MR) is 52.1 cm³/mol. The van der Waals surface area contributed by atoms with Crippen LogP contribution in [0.25, 0.3) is 0 Å². The molecule has 0 saturated carbocycles. The first-order chi connectivity index (χ1) is 7.86. The van der Waals surface area contributed by atoms with Crippen molar-refractivity contribution in [3.05, 3.63) is 12.4 Å². The van der Waals surface area contributed by atoms with Crippen LogP contribution in [0.2, 0.25) is 0 Å². The Labute approximate surface area is 96.6 Å². The Morgan fingerprint density at radius 3 is 2.65 bits per heavy atom. The molecule has 0 bridgehead atoms. The smallest absolute Gasteiger partial charge is 0.386 e. The molecule has 1 unspecified atom stereocenters. The van der Waals surface area contributed by atoms with Crippen LogP contribution in [0.15, 0.2) is 12.4 Å². The average molecular weight is 255 g/mol. The highest BCUT2D eigenvalue weighted by molar-refractivity contribution is 4.90. The van der Waals surface area contributed by atoms with Gasteiger partial charge >= 0.3 is 18.5 Å². The summed E-state index contributed by atoms with van der Waals surface area (Å²) < 4.78 is 56.0. The van der Waals surface area contributed by atoms with Crippen molar-refractivity contribution in [3.63, 3.8) is 0 Å². The Morgan fingerprint density at radius 1 is 1.47 bits per heavy atom. The third-order valence-corrected chi connectivity index (χ3v) is 2.24. The van der Waals surface area contributed by atoms with Gasteiger partial charge in [0, 0.05) is 0 Å². The number of hydrogen-bond donors (Lipinski definition) is 0. The fraction of sp³-hybridized carbons (Fsp3) is 0.700. The summed E-state index contributed by atoms with van der Waals surface area (Å²) in [4.78, 5) is 0. The van der Waals surface area contributed by atoms with E-state index in [0.29, 0.717) is 6.54 Å². The van der Waals surface area contributed by atoms with Crippen LogP contribution in [-0.2, 0) is 13.6 Å². The van der Waals surface area contributed by atoms with Gasteiger partial charge in [0.15, 0.2) is 0 Å². The highest BCUT2D eigenvalue weighted by Crippen LogP contribution is 2.24. The zero-order valence-corrected chi connectivity index (χ0v) is 9.67. The van der Waals surface area contributed by atoms with Gasteiger partial charge in [0.25, 0.3) is 0 Å². The van der Waals surface area contributed by atoms with Gasteiger partial charge in [-0.05, 0) is 6.42 Å². The van der Waals surface area contributed by atoms with Gasteiger partial charge in [-0.1, -0.05) is 13.3 Å². The van der Waals surface area contributed by atoms with Gasteiger partial charge in [0.2, 0.25) is 0 Å². The molecule has 7 heteroatoms. The lowest BCUT2D eigenvalue weighted by molar-refractivity contribution is -0.679. The molecule has 0 amide bonds. The maximum atomic E-state index is 12.8. The molecule has 0 radical (unpaired) electrons. The molecule has 1 heterocycles. The first-order valence-corrected chi connectivity index (χ1v) is 5.28. The second-order valence-corrected chi connectivity index (χ2v) is 3.71. The van der Waals surface area contributed by atoms with Crippen LogP contribution in [0.1, 0.15) is 19.8 Å². The van der Waals surface area contributed by atoms with Gasteiger partial charge in [0.05, 0.1) is 13.6 Å². The van der Waals surface area contributed by atoms with Crippen molar-refractivity contribution in [1.82, 2.24) is 4.57 Å². The number of rotatable bonds is 5. The minimum atomic E-state index is -5.01. The summed E-state index contributed by atoms with van der Waals surface area (Å²) in [6, 6.07) is -0.136. The van der Waals surface area contributed by atoms with Crippen molar-refractivity contribution < 1.29 is 26.9 Å². The third kappa shape index (κ3) is 3.61. The molecule has 0 saturated heterocycles. The second-order valence-electron chi connectivity index (χ2n) is 3.71. The van der Waals surface area contributed by atoms with Crippen LogP contribution >= 0.6 is 0 Å². The fourth-order valence-corrected chi connectivity index (χ4v) is 1.32. The van der Waals surface area contributed by atoms with E-state index in [1.165, 1.54) is 22.4 Å². The van der Waals surface area contributed by atoms with Crippen molar-refractivity contribution in [2.75, 3.05) is 0 Å². The van der Waals surface area contributed by atoms with Crippen LogP contribution in [0, 0.1) is 0 Å². The van der Waals surface area contributed by atoms with E-state index in [-0.39, 0.29) is 6.01 Å². The number of halogens is 4. The number of unbranched alkanes of at least 4 members (excludes halogenated alkanes) is 1. The molecule has 1 aromatic rings. The first-order valence-electron chi connectivity index (χ1n) is 5.28. The van der Waals surface area contributed by atoms with E-state index >= 15 is 0 Å². The molecule has 17 heavy (non-hydrogen) atoms. The van der Waals surface area contributed by atoms with Crippen molar-refractivity contribution in [2.45, 2.75) is 38.8 Å². The van der Waals surface area contributed by atoms with E-state index in [1.807, 2.05) is 6.92 Å². The van der Waals surface area contributed by atoms with E-state index in [9.17, 15) is 17.6 Å². The Hall–Kier alpha value is -1.27. The van der Waals surface area contributed by atoms with Crippen LogP contribution in [-0.4, -0.2) is 17.1 Å². The fourth-order valence-electron chi connectivity index (χ4n) is 1.32. The Kier molecular flexibility index (Phi) is 4.36. The lowest BCUT2D eigenvalue weighted by atomic mass is 10.3. The molecule has 3 nitrogen and oxygen atoms in total. The number of aromatic nitrogens is 2. The summed E-state index contributed by atoms with van der Waals surface area (Å²) >= 11 is 0. The Bertz CT molecular complexity index is 362. The average Bonchev–Trinajstić information content (AvgIpc) is 2.56. The van der Waals surface area contributed by atoms with Gasteiger partial charge in [-0.25, -0.2) is 0 Å². The van der Waals surface area contributed by atoms with E-state index < -0.39 is 12.5 Å². The largest absolute Gasteiger partial charge is 0.458 e.